The summed E-state index contributed by atoms with van der Waals surface area (Å²) in [6, 6.07) is 17.5. The third kappa shape index (κ3) is 5.51. The van der Waals surface area contributed by atoms with Crippen molar-refractivity contribution in [3.05, 3.63) is 77.1 Å². The predicted molar refractivity (Wildman–Crippen MR) is 129 cm³/mol. The molecule has 35 heavy (non-hydrogen) atoms. The van der Waals surface area contributed by atoms with Crippen LogP contribution in [0.3, 0.4) is 0 Å². The Morgan fingerprint density at radius 3 is 2.34 bits per heavy atom. The Kier molecular flexibility index (Phi) is 7.14. The molecule has 9 heteroatoms. The number of carboxylic acids is 1. The van der Waals surface area contributed by atoms with E-state index in [1.165, 1.54) is 4.68 Å². The number of nitrogens with zero attached hydrogens (tertiary/aromatic N) is 2. The highest BCUT2D eigenvalue weighted by Gasteiger charge is 2.29. The second kappa shape index (κ2) is 10.4. The number of carboxylic acid groups (broad SMARTS) is 1. The highest BCUT2D eigenvalue weighted by Crippen LogP contribution is 2.44. The molecule has 0 fully saturated rings. The van der Waals surface area contributed by atoms with Gasteiger partial charge in [-0.2, -0.15) is 5.10 Å². The molecule has 2 amide bonds. The molecule has 9 nitrogen and oxygen atoms in total. The number of hydrogen-bond acceptors (Lipinski definition) is 5. The van der Waals surface area contributed by atoms with E-state index in [0.717, 1.165) is 22.3 Å². The van der Waals surface area contributed by atoms with Gasteiger partial charge in [0.15, 0.2) is 0 Å². The van der Waals surface area contributed by atoms with Crippen LogP contribution in [0.1, 0.15) is 53.0 Å². The maximum Gasteiger partial charge on any atom is 0.407 e. The molecule has 1 atom stereocenters. The van der Waals surface area contributed by atoms with Gasteiger partial charge in [-0.05, 0) is 41.7 Å². The van der Waals surface area contributed by atoms with E-state index in [1.54, 1.807) is 20.0 Å². The number of aromatic nitrogens is 2. The molecule has 4 rings (SSSR count). The minimum atomic E-state index is -0.909. The van der Waals surface area contributed by atoms with E-state index < -0.39 is 12.1 Å². The van der Waals surface area contributed by atoms with Gasteiger partial charge in [0, 0.05) is 25.4 Å². The number of aryl methyl sites for hydroxylation is 1. The van der Waals surface area contributed by atoms with Gasteiger partial charge in [-0.1, -0.05) is 48.5 Å². The molecular weight excluding hydrogens is 448 g/mol. The lowest BCUT2D eigenvalue weighted by atomic mass is 9.98. The smallest absolute Gasteiger partial charge is 0.407 e. The highest BCUT2D eigenvalue weighted by molar-refractivity contribution is 5.92. The van der Waals surface area contributed by atoms with Crippen molar-refractivity contribution in [3.8, 4) is 11.1 Å². The topological polar surface area (TPSA) is 123 Å². The average molecular weight is 477 g/mol. The average Bonchev–Trinajstić information content (AvgIpc) is 3.37. The number of rotatable bonds is 9. The molecule has 2 aromatic carbocycles. The Morgan fingerprint density at radius 2 is 1.71 bits per heavy atom. The Bertz CT molecular complexity index is 1210. The van der Waals surface area contributed by atoms with Gasteiger partial charge in [-0.3, -0.25) is 14.3 Å². The van der Waals surface area contributed by atoms with Crippen LogP contribution in [-0.2, 0) is 23.1 Å². The lowest BCUT2D eigenvalue weighted by Crippen LogP contribution is -2.34. The molecule has 1 aliphatic rings. The SMILES string of the molecule is CC(CCC(=O)O)NC(=O)c1cc(CNC(=O)OCC2c3ccccc3-c3ccccc32)nn1C. The summed E-state index contributed by atoms with van der Waals surface area (Å²) in [6.07, 6.45) is -0.261. The first kappa shape index (κ1) is 24.0. The van der Waals surface area contributed by atoms with Crippen LogP contribution in [0.4, 0.5) is 4.79 Å². The lowest BCUT2D eigenvalue weighted by Gasteiger charge is -2.14. The Balaban J connectivity index is 1.31. The van der Waals surface area contributed by atoms with Crippen molar-refractivity contribution in [2.45, 2.75) is 38.3 Å². The molecule has 0 spiro atoms. The molecule has 3 N–H and O–H groups in total. The quantitative estimate of drug-likeness (QED) is 0.435. The summed E-state index contributed by atoms with van der Waals surface area (Å²) in [5.41, 5.74) is 5.42. The van der Waals surface area contributed by atoms with E-state index in [0.29, 0.717) is 17.8 Å². The van der Waals surface area contributed by atoms with Crippen molar-refractivity contribution in [1.29, 1.82) is 0 Å². The number of hydrogen-bond donors (Lipinski definition) is 3. The molecule has 1 aromatic heterocycles. The first-order valence-corrected chi connectivity index (χ1v) is 11.5. The standard InChI is InChI=1S/C26H28N4O5/c1-16(11-12-24(31)32)28-25(33)23-13-17(29-30(23)2)14-27-26(34)35-15-22-20-9-5-3-7-18(20)19-8-4-6-10-21(19)22/h3-10,13,16,22H,11-12,14-15H2,1-2H3,(H,27,34)(H,28,33)(H,31,32). The number of ether oxygens (including phenoxy) is 1. The monoisotopic (exact) mass is 476 g/mol. The summed E-state index contributed by atoms with van der Waals surface area (Å²) in [5.74, 6) is -1.29. The number of nitrogens with one attached hydrogen (secondary N) is 2. The van der Waals surface area contributed by atoms with Gasteiger partial charge in [0.05, 0.1) is 12.2 Å². The second-order valence-electron chi connectivity index (χ2n) is 8.63. The van der Waals surface area contributed by atoms with Crippen molar-refractivity contribution in [1.82, 2.24) is 20.4 Å². The maximum absolute atomic E-state index is 12.5. The lowest BCUT2D eigenvalue weighted by molar-refractivity contribution is -0.137. The van der Waals surface area contributed by atoms with Crippen LogP contribution in [0, 0.1) is 0 Å². The zero-order valence-corrected chi connectivity index (χ0v) is 19.7. The van der Waals surface area contributed by atoms with Gasteiger partial charge in [0.1, 0.15) is 12.3 Å². The van der Waals surface area contributed by atoms with Gasteiger partial charge in [0.25, 0.3) is 5.91 Å². The molecule has 0 saturated heterocycles. The zero-order chi connectivity index (χ0) is 24.9. The second-order valence-corrected chi connectivity index (χ2v) is 8.63. The molecule has 182 valence electrons. The summed E-state index contributed by atoms with van der Waals surface area (Å²) in [4.78, 5) is 35.6. The molecule has 3 aromatic rings. The van der Waals surface area contributed by atoms with Gasteiger partial charge >= 0.3 is 12.1 Å². The molecule has 0 aliphatic heterocycles. The van der Waals surface area contributed by atoms with Gasteiger partial charge in [0.2, 0.25) is 0 Å². The molecule has 1 heterocycles. The third-order valence-corrected chi connectivity index (χ3v) is 6.09. The van der Waals surface area contributed by atoms with E-state index in [2.05, 4.69) is 40.0 Å². The number of fused-ring (bicyclic) bond motifs is 3. The Labute approximate surface area is 203 Å². The minimum Gasteiger partial charge on any atom is -0.481 e. The first-order chi connectivity index (χ1) is 16.8. The highest BCUT2D eigenvalue weighted by atomic mass is 16.5. The fourth-order valence-corrected chi connectivity index (χ4v) is 4.35. The van der Waals surface area contributed by atoms with E-state index in [9.17, 15) is 14.4 Å². The van der Waals surface area contributed by atoms with Crippen LogP contribution in [0.5, 0.6) is 0 Å². The fourth-order valence-electron chi connectivity index (χ4n) is 4.35. The number of benzene rings is 2. The molecule has 1 unspecified atom stereocenters. The zero-order valence-electron chi connectivity index (χ0n) is 19.7. The maximum atomic E-state index is 12.5. The van der Waals surface area contributed by atoms with Crippen LogP contribution in [-0.4, -0.2) is 45.5 Å². The van der Waals surface area contributed by atoms with E-state index >= 15 is 0 Å². The molecular formula is C26H28N4O5. The predicted octanol–water partition coefficient (Wildman–Crippen LogP) is 3.44. The van der Waals surface area contributed by atoms with E-state index in [1.807, 2.05) is 24.3 Å². The number of carbonyl (C=O) groups excluding carboxylic acids is 2. The van der Waals surface area contributed by atoms with Crippen LogP contribution in [0.25, 0.3) is 11.1 Å². The number of aliphatic carboxylic acids is 1. The van der Waals surface area contributed by atoms with Crippen molar-refractivity contribution >= 4 is 18.0 Å². The number of amides is 2. The summed E-state index contributed by atoms with van der Waals surface area (Å²) in [5, 5.41) is 18.5. The Hall–Kier alpha value is -4.14. The number of carbonyl (C=O) groups is 3. The van der Waals surface area contributed by atoms with Gasteiger partial charge in [-0.25, -0.2) is 4.79 Å². The summed E-state index contributed by atoms with van der Waals surface area (Å²) in [7, 11) is 1.63. The van der Waals surface area contributed by atoms with E-state index in [4.69, 9.17) is 9.84 Å². The van der Waals surface area contributed by atoms with Crippen molar-refractivity contribution in [2.24, 2.45) is 7.05 Å². The van der Waals surface area contributed by atoms with Crippen LogP contribution in [0.2, 0.25) is 0 Å². The van der Waals surface area contributed by atoms with Crippen molar-refractivity contribution in [2.75, 3.05) is 6.61 Å². The minimum absolute atomic E-state index is 0.0257. The summed E-state index contributed by atoms with van der Waals surface area (Å²) >= 11 is 0. The largest absolute Gasteiger partial charge is 0.481 e. The van der Waals surface area contributed by atoms with Crippen molar-refractivity contribution < 1.29 is 24.2 Å². The molecule has 0 radical (unpaired) electrons. The Morgan fingerprint density at radius 1 is 1.09 bits per heavy atom. The number of alkyl carbamates (subject to hydrolysis) is 1. The fraction of sp³-hybridized carbons (Fsp3) is 0.308. The van der Waals surface area contributed by atoms with Gasteiger partial charge in [-0.15, -0.1) is 0 Å². The van der Waals surface area contributed by atoms with Crippen LogP contribution < -0.4 is 10.6 Å². The molecule has 0 saturated carbocycles. The molecule has 1 aliphatic carbocycles. The summed E-state index contributed by atoms with van der Waals surface area (Å²) < 4.78 is 6.96. The van der Waals surface area contributed by atoms with Crippen molar-refractivity contribution in [3.63, 3.8) is 0 Å². The van der Waals surface area contributed by atoms with Crippen LogP contribution in [0.15, 0.2) is 54.6 Å². The normalized spacial score (nSPS) is 13.0. The third-order valence-electron chi connectivity index (χ3n) is 6.09. The summed E-state index contributed by atoms with van der Waals surface area (Å²) in [6.45, 7) is 2.06. The van der Waals surface area contributed by atoms with Gasteiger partial charge < -0.3 is 20.5 Å². The first-order valence-electron chi connectivity index (χ1n) is 11.5. The molecule has 0 bridgehead atoms. The van der Waals surface area contributed by atoms with Crippen LogP contribution >= 0.6 is 0 Å². The van der Waals surface area contributed by atoms with E-state index in [-0.39, 0.29) is 37.4 Å².